The number of nitro groups is 1. The van der Waals surface area contributed by atoms with Gasteiger partial charge in [-0.2, -0.15) is 9.78 Å². The molecule has 1 aliphatic rings. The van der Waals surface area contributed by atoms with E-state index in [9.17, 15) is 10.1 Å². The van der Waals surface area contributed by atoms with Crippen LogP contribution < -0.4 is 4.90 Å². The largest absolute Gasteiger partial charge is 0.371 e. The maximum absolute atomic E-state index is 11.3. The van der Waals surface area contributed by atoms with Crippen molar-refractivity contribution in [1.29, 1.82) is 0 Å². The molecule has 1 saturated heterocycles. The van der Waals surface area contributed by atoms with E-state index in [0.717, 1.165) is 42.9 Å². The number of piperidine rings is 1. The molecule has 0 saturated carbocycles. The maximum Gasteiger partial charge on any atom is 0.270 e. The summed E-state index contributed by atoms with van der Waals surface area (Å²) in [6.07, 6.45) is 5.14. The monoisotopic (exact) mass is 436 g/mol. The number of rotatable bonds is 7. The average Bonchev–Trinajstić information content (AvgIpc) is 3.16. The van der Waals surface area contributed by atoms with Gasteiger partial charge in [0.25, 0.3) is 5.69 Å². The summed E-state index contributed by atoms with van der Waals surface area (Å²) in [4.78, 5) is 13.2. The Kier molecular flexibility index (Phi) is 6.61. The molecular weight excluding hydrogens is 412 g/mol. The van der Waals surface area contributed by atoms with E-state index in [-0.39, 0.29) is 10.6 Å². The number of thioether (sulfide) groups is 1. The van der Waals surface area contributed by atoms with Gasteiger partial charge in [-0.3, -0.25) is 10.1 Å². The fourth-order valence-corrected chi connectivity index (χ4v) is 4.47. The van der Waals surface area contributed by atoms with Crippen LogP contribution in [-0.2, 0) is 5.75 Å². The number of aromatic nitrogens is 3. The molecule has 3 aromatic rings. The third-order valence-corrected chi connectivity index (χ3v) is 6.20. The first-order chi connectivity index (χ1) is 15.1. The first kappa shape index (κ1) is 21.0. The highest BCUT2D eigenvalue weighted by Crippen LogP contribution is 2.27. The van der Waals surface area contributed by atoms with Crippen LogP contribution in [0, 0.1) is 17.0 Å². The molecule has 0 unspecified atom stereocenters. The Morgan fingerprint density at radius 3 is 2.65 bits per heavy atom. The van der Waals surface area contributed by atoms with Gasteiger partial charge in [-0.05, 0) is 37.8 Å². The summed E-state index contributed by atoms with van der Waals surface area (Å²) in [6, 6.07) is 15.1. The fraction of sp³-hybridized carbons (Fsp3) is 0.318. The molecule has 1 aliphatic heterocycles. The van der Waals surface area contributed by atoms with Gasteiger partial charge in [0.2, 0.25) is 5.16 Å². The SMILES string of the molecule is Cc1nnc(SCc2ccccc2)n1N=Cc1cc([N+](=O)[O-])ccc1N1CCCCC1. The third-order valence-electron chi connectivity index (χ3n) is 5.21. The van der Waals surface area contributed by atoms with Gasteiger partial charge in [0.05, 0.1) is 11.1 Å². The van der Waals surface area contributed by atoms with E-state index in [2.05, 4.69) is 32.3 Å². The fourth-order valence-electron chi connectivity index (χ4n) is 3.58. The molecule has 0 amide bonds. The number of benzene rings is 2. The molecule has 0 radical (unpaired) electrons. The molecule has 160 valence electrons. The smallest absolute Gasteiger partial charge is 0.270 e. The number of nitro benzene ring substituents is 1. The number of non-ortho nitro benzene ring substituents is 1. The molecular formula is C22H24N6O2S. The third kappa shape index (κ3) is 5.11. The Morgan fingerprint density at radius 2 is 1.90 bits per heavy atom. The van der Waals surface area contributed by atoms with Crippen molar-refractivity contribution >= 4 is 29.4 Å². The molecule has 0 N–H and O–H groups in total. The van der Waals surface area contributed by atoms with Crippen molar-refractivity contribution in [3.05, 3.63) is 75.6 Å². The van der Waals surface area contributed by atoms with Crippen LogP contribution >= 0.6 is 11.8 Å². The summed E-state index contributed by atoms with van der Waals surface area (Å²) in [6.45, 7) is 3.74. The topological polar surface area (TPSA) is 89.4 Å². The zero-order valence-electron chi connectivity index (χ0n) is 17.3. The zero-order valence-corrected chi connectivity index (χ0v) is 18.2. The van der Waals surface area contributed by atoms with Gasteiger partial charge in [0.15, 0.2) is 5.82 Å². The van der Waals surface area contributed by atoms with Crippen LogP contribution in [0.15, 0.2) is 58.8 Å². The van der Waals surface area contributed by atoms with Crippen LogP contribution in [0.2, 0.25) is 0 Å². The van der Waals surface area contributed by atoms with Crippen LogP contribution in [0.25, 0.3) is 0 Å². The molecule has 1 aromatic heterocycles. The van der Waals surface area contributed by atoms with Crippen molar-refractivity contribution < 1.29 is 4.92 Å². The van der Waals surface area contributed by atoms with Gasteiger partial charge in [0, 0.05) is 42.2 Å². The van der Waals surface area contributed by atoms with Crippen LogP contribution in [0.4, 0.5) is 11.4 Å². The highest BCUT2D eigenvalue weighted by Gasteiger charge is 2.17. The van der Waals surface area contributed by atoms with Crippen molar-refractivity contribution in [2.45, 2.75) is 37.1 Å². The highest BCUT2D eigenvalue weighted by molar-refractivity contribution is 7.98. The van der Waals surface area contributed by atoms with E-state index in [1.165, 1.54) is 12.0 Å². The Labute approximate surface area is 185 Å². The zero-order chi connectivity index (χ0) is 21.6. The van der Waals surface area contributed by atoms with Gasteiger partial charge in [-0.15, -0.1) is 10.2 Å². The summed E-state index contributed by atoms with van der Waals surface area (Å²) >= 11 is 1.55. The molecule has 4 rings (SSSR count). The number of nitrogens with zero attached hydrogens (tertiary/aromatic N) is 6. The predicted octanol–water partition coefficient (Wildman–Crippen LogP) is 4.66. The standard InChI is InChI=1S/C22H24N6O2S/c1-17-24-25-22(31-16-18-8-4-2-5-9-18)27(17)23-15-19-14-20(28(29)30)10-11-21(19)26-12-6-3-7-13-26/h2,4-5,8-11,14-15H,3,6-7,12-13,16H2,1H3. The van der Waals surface area contributed by atoms with Crippen molar-refractivity contribution in [1.82, 2.24) is 14.9 Å². The molecule has 2 aromatic carbocycles. The Morgan fingerprint density at radius 1 is 1.13 bits per heavy atom. The molecule has 0 spiro atoms. The maximum atomic E-state index is 11.3. The summed E-state index contributed by atoms with van der Waals surface area (Å²) in [5.41, 5.74) is 2.94. The lowest BCUT2D eigenvalue weighted by molar-refractivity contribution is -0.384. The quantitative estimate of drug-likeness (QED) is 0.232. The first-order valence-electron chi connectivity index (χ1n) is 10.3. The van der Waals surface area contributed by atoms with Crippen molar-refractivity contribution in [3.8, 4) is 0 Å². The number of hydrogen-bond donors (Lipinski definition) is 0. The second-order valence-corrected chi connectivity index (χ2v) is 8.35. The number of hydrogen-bond acceptors (Lipinski definition) is 7. The lowest BCUT2D eigenvalue weighted by Gasteiger charge is -2.29. The van der Waals surface area contributed by atoms with E-state index in [4.69, 9.17) is 0 Å². The molecule has 2 heterocycles. The highest BCUT2D eigenvalue weighted by atomic mass is 32.2. The summed E-state index contributed by atoms with van der Waals surface area (Å²) in [5, 5.41) is 25.0. The molecule has 31 heavy (non-hydrogen) atoms. The van der Waals surface area contributed by atoms with Gasteiger partial charge in [-0.25, -0.2) is 0 Å². The van der Waals surface area contributed by atoms with E-state index >= 15 is 0 Å². The first-order valence-corrected chi connectivity index (χ1v) is 11.3. The normalized spacial score (nSPS) is 14.3. The van der Waals surface area contributed by atoms with Gasteiger partial charge >= 0.3 is 0 Å². The van der Waals surface area contributed by atoms with E-state index < -0.39 is 0 Å². The van der Waals surface area contributed by atoms with Crippen molar-refractivity contribution in [2.24, 2.45) is 5.10 Å². The van der Waals surface area contributed by atoms with Crippen LogP contribution in [0.1, 0.15) is 36.2 Å². The van der Waals surface area contributed by atoms with Gasteiger partial charge in [-0.1, -0.05) is 42.1 Å². The molecule has 8 nitrogen and oxygen atoms in total. The van der Waals surface area contributed by atoms with E-state index in [1.807, 2.05) is 31.2 Å². The van der Waals surface area contributed by atoms with Gasteiger partial charge < -0.3 is 4.90 Å². The lowest BCUT2D eigenvalue weighted by atomic mass is 10.1. The molecule has 0 aliphatic carbocycles. The predicted molar refractivity (Wildman–Crippen MR) is 123 cm³/mol. The second-order valence-electron chi connectivity index (χ2n) is 7.41. The average molecular weight is 437 g/mol. The van der Waals surface area contributed by atoms with E-state index in [1.54, 1.807) is 34.8 Å². The molecule has 0 atom stereocenters. The Balaban J connectivity index is 1.61. The van der Waals surface area contributed by atoms with Crippen LogP contribution in [0.3, 0.4) is 0 Å². The van der Waals surface area contributed by atoms with E-state index in [0.29, 0.717) is 11.0 Å². The van der Waals surface area contributed by atoms with Gasteiger partial charge in [0.1, 0.15) is 0 Å². The molecule has 0 bridgehead atoms. The van der Waals surface area contributed by atoms with Crippen LogP contribution in [-0.4, -0.2) is 39.1 Å². The number of anilines is 1. The minimum atomic E-state index is -0.373. The van der Waals surface area contributed by atoms with Crippen LogP contribution in [0.5, 0.6) is 0 Å². The summed E-state index contributed by atoms with van der Waals surface area (Å²) in [5.74, 6) is 1.42. The summed E-state index contributed by atoms with van der Waals surface area (Å²) < 4.78 is 1.69. The minimum absolute atomic E-state index is 0.0568. The Hall–Kier alpha value is -3.20. The Bertz CT molecular complexity index is 1080. The summed E-state index contributed by atoms with van der Waals surface area (Å²) in [7, 11) is 0. The lowest BCUT2D eigenvalue weighted by Crippen LogP contribution is -2.30. The van der Waals surface area contributed by atoms with Crippen molar-refractivity contribution in [3.63, 3.8) is 0 Å². The molecule has 9 heteroatoms. The second kappa shape index (κ2) is 9.74. The minimum Gasteiger partial charge on any atom is -0.371 e. The van der Waals surface area contributed by atoms with Crippen molar-refractivity contribution in [2.75, 3.05) is 18.0 Å². The molecule has 1 fully saturated rings. The number of aryl methyl sites for hydroxylation is 1.